The van der Waals surface area contributed by atoms with Crippen LogP contribution in [0, 0.1) is 0 Å². The molecule has 3 nitrogen and oxygen atoms in total. The highest BCUT2D eigenvalue weighted by atomic mass is 16.5. The molecule has 3 heteroatoms. The molecule has 0 radical (unpaired) electrons. The van der Waals surface area contributed by atoms with Crippen molar-refractivity contribution in [3.8, 4) is 0 Å². The van der Waals surface area contributed by atoms with Gasteiger partial charge in [-0.15, -0.1) is 0 Å². The second-order valence-electron chi connectivity index (χ2n) is 1.74. The number of carbonyl (C=O) groups is 1. The van der Waals surface area contributed by atoms with E-state index in [2.05, 4.69) is 11.3 Å². The molecule has 0 aromatic heterocycles. The van der Waals surface area contributed by atoms with Crippen molar-refractivity contribution in [3.05, 3.63) is 24.4 Å². The van der Waals surface area contributed by atoms with E-state index in [1.54, 1.807) is 6.92 Å². The fourth-order valence-electron chi connectivity index (χ4n) is 0.316. The minimum Gasteiger partial charge on any atom is -0.458 e. The van der Waals surface area contributed by atoms with Crippen molar-refractivity contribution in [1.82, 2.24) is 0 Å². The molecule has 0 aliphatic carbocycles. The van der Waals surface area contributed by atoms with Crippen LogP contribution < -0.4 is 5.73 Å². The Labute approximate surface area is 60.2 Å². The van der Waals surface area contributed by atoms with Crippen molar-refractivity contribution in [2.24, 2.45) is 5.73 Å². The van der Waals surface area contributed by atoms with Gasteiger partial charge in [0.1, 0.15) is 6.61 Å². The Morgan fingerprint density at radius 3 is 2.80 bits per heavy atom. The topological polar surface area (TPSA) is 52.3 Å². The van der Waals surface area contributed by atoms with Crippen molar-refractivity contribution >= 4 is 5.97 Å². The summed E-state index contributed by atoms with van der Waals surface area (Å²) >= 11 is 0. The van der Waals surface area contributed by atoms with E-state index in [1.807, 2.05) is 0 Å². The third kappa shape index (κ3) is 2.91. The highest BCUT2D eigenvalue weighted by molar-refractivity contribution is 5.87. The zero-order valence-electron chi connectivity index (χ0n) is 5.96. The first kappa shape index (κ1) is 8.75. The maximum atomic E-state index is 10.7. The Morgan fingerprint density at radius 2 is 2.40 bits per heavy atom. The van der Waals surface area contributed by atoms with Gasteiger partial charge in [-0.2, -0.15) is 0 Å². The number of hydrogen-bond acceptors (Lipinski definition) is 3. The van der Waals surface area contributed by atoms with Crippen molar-refractivity contribution in [2.75, 3.05) is 6.61 Å². The van der Waals surface area contributed by atoms with Crippen LogP contribution in [-0.4, -0.2) is 12.6 Å². The van der Waals surface area contributed by atoms with Crippen molar-refractivity contribution < 1.29 is 9.53 Å². The van der Waals surface area contributed by atoms with Crippen LogP contribution >= 0.6 is 0 Å². The monoisotopic (exact) mass is 141 g/mol. The van der Waals surface area contributed by atoms with Gasteiger partial charge in [-0.25, -0.2) is 4.79 Å². The molecule has 0 atom stereocenters. The standard InChI is InChI=1S/C7H11NO2/c1-3-4-10-7(9)6(2)5-8/h3,5H,1,4,8H2,2H3. The summed E-state index contributed by atoms with van der Waals surface area (Å²) in [6.07, 6.45) is 2.72. The van der Waals surface area contributed by atoms with E-state index < -0.39 is 5.97 Å². The van der Waals surface area contributed by atoms with Gasteiger partial charge in [0.2, 0.25) is 0 Å². The van der Waals surface area contributed by atoms with Gasteiger partial charge < -0.3 is 10.5 Å². The Morgan fingerprint density at radius 1 is 1.80 bits per heavy atom. The molecule has 10 heavy (non-hydrogen) atoms. The zero-order valence-corrected chi connectivity index (χ0v) is 5.96. The maximum Gasteiger partial charge on any atom is 0.335 e. The Bertz CT molecular complexity index is 161. The maximum absolute atomic E-state index is 10.7. The minimum absolute atomic E-state index is 0.226. The van der Waals surface area contributed by atoms with E-state index >= 15 is 0 Å². The predicted octanol–water partition coefficient (Wildman–Crippen LogP) is 0.578. The molecule has 56 valence electrons. The summed E-state index contributed by atoms with van der Waals surface area (Å²) in [5.74, 6) is -0.401. The summed E-state index contributed by atoms with van der Waals surface area (Å²) in [5, 5.41) is 0. The molecule has 2 N–H and O–H groups in total. The number of ether oxygens (including phenoxy) is 1. The quantitative estimate of drug-likeness (QED) is 0.355. The second kappa shape index (κ2) is 4.61. The van der Waals surface area contributed by atoms with Gasteiger partial charge >= 0.3 is 5.97 Å². The molecular weight excluding hydrogens is 130 g/mol. The Hall–Kier alpha value is -1.25. The normalized spacial score (nSPS) is 10.7. The molecule has 0 spiro atoms. The Kier molecular flexibility index (Phi) is 4.04. The lowest BCUT2D eigenvalue weighted by Crippen LogP contribution is -2.06. The van der Waals surface area contributed by atoms with E-state index in [0.29, 0.717) is 5.57 Å². The number of nitrogens with two attached hydrogens (primary N) is 1. The minimum atomic E-state index is -0.401. The number of carbonyl (C=O) groups excluding carboxylic acids is 1. The van der Waals surface area contributed by atoms with Gasteiger partial charge in [-0.05, 0) is 6.92 Å². The van der Waals surface area contributed by atoms with Crippen LogP contribution in [0.1, 0.15) is 6.92 Å². The molecule has 0 aliphatic heterocycles. The lowest BCUT2D eigenvalue weighted by Gasteiger charge is -1.98. The van der Waals surface area contributed by atoms with Gasteiger partial charge in [0, 0.05) is 11.8 Å². The first-order valence-corrected chi connectivity index (χ1v) is 2.89. The predicted molar refractivity (Wildman–Crippen MR) is 39.1 cm³/mol. The van der Waals surface area contributed by atoms with E-state index in [4.69, 9.17) is 5.73 Å². The summed E-state index contributed by atoms with van der Waals surface area (Å²) in [5.41, 5.74) is 5.46. The highest BCUT2D eigenvalue weighted by Crippen LogP contribution is 1.92. The lowest BCUT2D eigenvalue weighted by molar-refractivity contribution is -0.137. The number of rotatable bonds is 3. The summed E-state index contributed by atoms with van der Waals surface area (Å²) in [4.78, 5) is 10.7. The van der Waals surface area contributed by atoms with E-state index in [9.17, 15) is 4.79 Å². The van der Waals surface area contributed by atoms with Crippen LogP contribution in [0.15, 0.2) is 24.4 Å². The van der Waals surface area contributed by atoms with Crippen molar-refractivity contribution in [3.63, 3.8) is 0 Å². The van der Waals surface area contributed by atoms with Crippen LogP contribution in [0.5, 0.6) is 0 Å². The summed E-state index contributed by atoms with van der Waals surface area (Å²) in [6.45, 7) is 5.20. The zero-order chi connectivity index (χ0) is 7.98. The summed E-state index contributed by atoms with van der Waals surface area (Å²) < 4.78 is 4.64. The van der Waals surface area contributed by atoms with Gasteiger partial charge in [-0.1, -0.05) is 12.7 Å². The molecule has 0 unspecified atom stereocenters. The first-order chi connectivity index (χ1) is 4.72. The SMILES string of the molecule is C=CCOC(=O)C(C)=CN. The van der Waals surface area contributed by atoms with Gasteiger partial charge in [0.05, 0.1) is 0 Å². The number of hydrogen-bond donors (Lipinski definition) is 1. The average molecular weight is 141 g/mol. The molecule has 0 saturated heterocycles. The van der Waals surface area contributed by atoms with Crippen LogP contribution in [0.3, 0.4) is 0 Å². The van der Waals surface area contributed by atoms with Crippen LogP contribution in [0.2, 0.25) is 0 Å². The molecule has 0 amide bonds. The fourth-order valence-corrected chi connectivity index (χ4v) is 0.316. The van der Waals surface area contributed by atoms with Gasteiger partial charge in [-0.3, -0.25) is 0 Å². The smallest absolute Gasteiger partial charge is 0.335 e. The highest BCUT2D eigenvalue weighted by Gasteiger charge is 2.01. The summed E-state index contributed by atoms with van der Waals surface area (Å²) in [7, 11) is 0. The molecule has 0 saturated carbocycles. The van der Waals surface area contributed by atoms with Crippen LogP contribution in [0.4, 0.5) is 0 Å². The van der Waals surface area contributed by atoms with E-state index in [1.165, 1.54) is 12.3 Å². The average Bonchev–Trinajstić information content (AvgIpc) is 1.98. The Balaban J connectivity index is 3.74. The number of esters is 1. The largest absolute Gasteiger partial charge is 0.458 e. The lowest BCUT2D eigenvalue weighted by atomic mass is 10.3. The molecular formula is C7H11NO2. The second-order valence-corrected chi connectivity index (χ2v) is 1.74. The van der Waals surface area contributed by atoms with Crippen molar-refractivity contribution in [2.45, 2.75) is 6.92 Å². The third-order valence-electron chi connectivity index (χ3n) is 0.904. The van der Waals surface area contributed by atoms with Gasteiger partial charge in [0.15, 0.2) is 0 Å². The van der Waals surface area contributed by atoms with Crippen LogP contribution in [-0.2, 0) is 9.53 Å². The third-order valence-corrected chi connectivity index (χ3v) is 0.904. The fraction of sp³-hybridized carbons (Fsp3) is 0.286. The molecule has 0 rings (SSSR count). The molecule has 0 aliphatic rings. The van der Waals surface area contributed by atoms with Crippen LogP contribution in [0.25, 0.3) is 0 Å². The van der Waals surface area contributed by atoms with E-state index in [0.717, 1.165) is 0 Å². The van der Waals surface area contributed by atoms with Crippen molar-refractivity contribution in [1.29, 1.82) is 0 Å². The van der Waals surface area contributed by atoms with E-state index in [-0.39, 0.29) is 6.61 Å². The molecule has 0 fully saturated rings. The van der Waals surface area contributed by atoms with Gasteiger partial charge in [0.25, 0.3) is 0 Å². The molecule has 0 heterocycles. The molecule has 0 aromatic rings. The first-order valence-electron chi connectivity index (χ1n) is 2.89. The summed E-state index contributed by atoms with van der Waals surface area (Å²) in [6, 6.07) is 0. The molecule has 0 bridgehead atoms. The molecule has 0 aromatic carbocycles.